The summed E-state index contributed by atoms with van der Waals surface area (Å²) in [6.45, 7) is 1.29. The molecule has 0 atom stereocenters. The molecule has 1 aliphatic carbocycles. The number of carbonyl (C=O) groups is 2. The molecule has 1 heterocycles. The molecular formula is C21H30N2O3. The van der Waals surface area contributed by atoms with Crippen molar-refractivity contribution >= 4 is 11.8 Å². The van der Waals surface area contributed by atoms with E-state index in [0.29, 0.717) is 24.7 Å². The lowest BCUT2D eigenvalue weighted by Crippen LogP contribution is -2.45. The highest BCUT2D eigenvalue weighted by atomic mass is 16.5. The third-order valence-electron chi connectivity index (χ3n) is 5.69. The van der Waals surface area contributed by atoms with Crippen molar-refractivity contribution in [2.24, 2.45) is 5.92 Å². The Kier molecular flexibility index (Phi) is 6.53. The van der Waals surface area contributed by atoms with Crippen molar-refractivity contribution < 1.29 is 14.3 Å². The van der Waals surface area contributed by atoms with Gasteiger partial charge in [0.25, 0.3) is 5.91 Å². The van der Waals surface area contributed by atoms with Crippen LogP contribution in [0.15, 0.2) is 24.3 Å². The topological polar surface area (TPSA) is 58.6 Å². The Morgan fingerprint density at radius 1 is 0.962 bits per heavy atom. The summed E-state index contributed by atoms with van der Waals surface area (Å²) in [5.74, 6) is 1.01. The number of hydrogen-bond donors (Lipinski definition) is 1. The number of benzene rings is 1. The van der Waals surface area contributed by atoms with E-state index in [1.807, 2.05) is 4.90 Å². The van der Waals surface area contributed by atoms with Gasteiger partial charge in [0, 0.05) is 30.6 Å². The van der Waals surface area contributed by atoms with Crippen LogP contribution in [0.5, 0.6) is 5.75 Å². The van der Waals surface area contributed by atoms with Crippen LogP contribution >= 0.6 is 0 Å². The number of methoxy groups -OCH3 is 1. The van der Waals surface area contributed by atoms with Crippen molar-refractivity contribution in [1.82, 2.24) is 10.2 Å². The maximum Gasteiger partial charge on any atom is 0.253 e. The molecule has 1 saturated carbocycles. The van der Waals surface area contributed by atoms with Crippen LogP contribution in [0.4, 0.5) is 0 Å². The van der Waals surface area contributed by atoms with Gasteiger partial charge in [0.1, 0.15) is 5.75 Å². The lowest BCUT2D eigenvalue weighted by Gasteiger charge is -2.32. The van der Waals surface area contributed by atoms with Gasteiger partial charge >= 0.3 is 0 Å². The molecule has 1 aromatic carbocycles. The molecular weight excluding hydrogens is 328 g/mol. The predicted octanol–water partition coefficient (Wildman–Crippen LogP) is 3.39. The molecule has 0 spiro atoms. The number of rotatable bonds is 4. The molecule has 1 aromatic rings. The summed E-state index contributed by atoms with van der Waals surface area (Å²) in [4.78, 5) is 27.0. The molecule has 0 unspecified atom stereocenters. The number of nitrogens with one attached hydrogen (secondary N) is 1. The molecule has 5 heteroatoms. The lowest BCUT2D eigenvalue weighted by atomic mass is 9.94. The van der Waals surface area contributed by atoms with Gasteiger partial charge in [0.05, 0.1) is 7.11 Å². The molecule has 2 fully saturated rings. The van der Waals surface area contributed by atoms with Crippen molar-refractivity contribution in [3.8, 4) is 5.75 Å². The van der Waals surface area contributed by atoms with E-state index in [1.54, 1.807) is 31.4 Å². The van der Waals surface area contributed by atoms with Crippen molar-refractivity contribution in [3.63, 3.8) is 0 Å². The summed E-state index contributed by atoms with van der Waals surface area (Å²) in [5, 5.41) is 3.26. The number of ether oxygens (including phenoxy) is 1. The Morgan fingerprint density at radius 2 is 1.58 bits per heavy atom. The molecule has 0 aromatic heterocycles. The van der Waals surface area contributed by atoms with E-state index < -0.39 is 0 Å². The predicted molar refractivity (Wildman–Crippen MR) is 101 cm³/mol. The first-order valence-corrected chi connectivity index (χ1v) is 9.91. The number of likely N-dealkylation sites (tertiary alicyclic amines) is 1. The molecule has 26 heavy (non-hydrogen) atoms. The lowest BCUT2D eigenvalue weighted by molar-refractivity contribution is -0.127. The molecule has 2 amide bonds. The molecule has 2 aliphatic rings. The van der Waals surface area contributed by atoms with Crippen LogP contribution in [0.2, 0.25) is 0 Å². The van der Waals surface area contributed by atoms with Gasteiger partial charge in [-0.3, -0.25) is 9.59 Å². The van der Waals surface area contributed by atoms with Crippen LogP contribution < -0.4 is 10.1 Å². The first kappa shape index (κ1) is 18.7. The molecule has 1 saturated heterocycles. The minimum absolute atomic E-state index is 0.0373. The zero-order valence-electron chi connectivity index (χ0n) is 15.7. The number of hydrogen-bond acceptors (Lipinski definition) is 3. The first-order chi connectivity index (χ1) is 12.7. The average Bonchev–Trinajstić information content (AvgIpc) is 2.96. The van der Waals surface area contributed by atoms with Gasteiger partial charge in [-0.1, -0.05) is 25.7 Å². The zero-order chi connectivity index (χ0) is 18.4. The highest BCUT2D eigenvalue weighted by molar-refractivity contribution is 5.94. The van der Waals surface area contributed by atoms with Crippen LogP contribution in [0.25, 0.3) is 0 Å². The van der Waals surface area contributed by atoms with E-state index in [4.69, 9.17) is 4.74 Å². The molecule has 1 N–H and O–H groups in total. The standard InChI is InChI=1S/C21H30N2O3/c1-26-19-10-8-17(9-11-19)21(25)23-14-12-16(13-15-23)20(24)22-18-6-4-2-3-5-7-18/h8-11,16,18H,2-7,12-15H2,1H3,(H,22,24). The highest BCUT2D eigenvalue weighted by Crippen LogP contribution is 2.22. The molecule has 0 bridgehead atoms. The van der Waals surface area contributed by atoms with Gasteiger partial charge in [0.15, 0.2) is 0 Å². The Labute approximate surface area is 156 Å². The number of carbonyl (C=O) groups excluding carboxylic acids is 2. The zero-order valence-corrected chi connectivity index (χ0v) is 15.7. The summed E-state index contributed by atoms with van der Waals surface area (Å²) >= 11 is 0. The van der Waals surface area contributed by atoms with Crippen molar-refractivity contribution in [3.05, 3.63) is 29.8 Å². The molecule has 142 valence electrons. The van der Waals surface area contributed by atoms with Gasteiger partial charge in [-0.15, -0.1) is 0 Å². The van der Waals surface area contributed by atoms with E-state index in [2.05, 4.69) is 5.32 Å². The second-order valence-electron chi connectivity index (χ2n) is 7.49. The van der Waals surface area contributed by atoms with Gasteiger partial charge in [-0.05, 0) is 49.9 Å². The Hall–Kier alpha value is -2.04. The molecule has 5 nitrogen and oxygen atoms in total. The Morgan fingerprint density at radius 3 is 2.15 bits per heavy atom. The summed E-state index contributed by atoms with van der Waals surface area (Å²) in [7, 11) is 1.61. The van der Waals surface area contributed by atoms with E-state index in [1.165, 1.54) is 25.7 Å². The summed E-state index contributed by atoms with van der Waals surface area (Å²) in [6.07, 6.45) is 8.75. The Bertz CT molecular complexity index is 598. The van der Waals surface area contributed by atoms with E-state index >= 15 is 0 Å². The smallest absolute Gasteiger partial charge is 0.253 e. The van der Waals surface area contributed by atoms with E-state index in [-0.39, 0.29) is 17.7 Å². The number of nitrogens with zero attached hydrogens (tertiary/aromatic N) is 1. The second kappa shape index (κ2) is 9.06. The van der Waals surface area contributed by atoms with E-state index in [9.17, 15) is 9.59 Å². The van der Waals surface area contributed by atoms with Crippen molar-refractivity contribution in [2.45, 2.75) is 57.4 Å². The molecule has 3 rings (SSSR count). The second-order valence-corrected chi connectivity index (χ2v) is 7.49. The van der Waals surface area contributed by atoms with Gasteiger partial charge in [-0.25, -0.2) is 0 Å². The maximum atomic E-state index is 12.6. The minimum Gasteiger partial charge on any atom is -0.497 e. The van der Waals surface area contributed by atoms with Gasteiger partial charge in [-0.2, -0.15) is 0 Å². The summed E-state index contributed by atoms with van der Waals surface area (Å²) in [5.41, 5.74) is 0.673. The van der Waals surface area contributed by atoms with Crippen molar-refractivity contribution in [2.75, 3.05) is 20.2 Å². The fourth-order valence-electron chi connectivity index (χ4n) is 4.00. The first-order valence-electron chi connectivity index (χ1n) is 9.91. The van der Waals surface area contributed by atoms with E-state index in [0.717, 1.165) is 31.4 Å². The monoisotopic (exact) mass is 358 g/mol. The third-order valence-corrected chi connectivity index (χ3v) is 5.69. The fraction of sp³-hybridized carbons (Fsp3) is 0.619. The minimum atomic E-state index is 0.0373. The summed E-state index contributed by atoms with van der Waals surface area (Å²) in [6, 6.07) is 7.56. The normalized spacial score (nSPS) is 19.7. The largest absolute Gasteiger partial charge is 0.497 e. The average molecular weight is 358 g/mol. The van der Waals surface area contributed by atoms with Gasteiger partial charge < -0.3 is 15.0 Å². The molecule has 1 aliphatic heterocycles. The van der Waals surface area contributed by atoms with Crippen molar-refractivity contribution in [1.29, 1.82) is 0 Å². The third kappa shape index (κ3) is 4.77. The quantitative estimate of drug-likeness (QED) is 0.840. The molecule has 0 radical (unpaired) electrons. The van der Waals surface area contributed by atoms with Crippen LogP contribution in [-0.2, 0) is 4.79 Å². The van der Waals surface area contributed by atoms with Crippen LogP contribution in [0.3, 0.4) is 0 Å². The van der Waals surface area contributed by atoms with Crippen LogP contribution in [0, 0.1) is 5.92 Å². The summed E-state index contributed by atoms with van der Waals surface area (Å²) < 4.78 is 5.14. The van der Waals surface area contributed by atoms with Crippen LogP contribution in [-0.4, -0.2) is 43.0 Å². The van der Waals surface area contributed by atoms with Gasteiger partial charge in [0.2, 0.25) is 5.91 Å². The Balaban J connectivity index is 1.48. The number of piperidine rings is 1. The highest BCUT2D eigenvalue weighted by Gasteiger charge is 2.29. The maximum absolute atomic E-state index is 12.6. The number of amides is 2. The van der Waals surface area contributed by atoms with Crippen LogP contribution in [0.1, 0.15) is 61.7 Å². The fourth-order valence-corrected chi connectivity index (χ4v) is 4.00. The SMILES string of the molecule is COc1ccc(C(=O)N2CCC(C(=O)NC3CCCCCC3)CC2)cc1.